The molecule has 56 heavy (non-hydrogen) atoms. The molecule has 8 nitrogen and oxygen atoms in total. The first kappa shape index (κ1) is 56.7. The Balaban J connectivity index is 0. The van der Waals surface area contributed by atoms with E-state index in [0.29, 0.717) is 24.0 Å². The Labute approximate surface area is 384 Å². The van der Waals surface area contributed by atoms with Crippen LogP contribution in [0.25, 0.3) is 0 Å². The monoisotopic (exact) mass is 795 g/mol. The minimum absolute atomic E-state index is 0. The van der Waals surface area contributed by atoms with Crippen LogP contribution in [0.1, 0.15) is 178 Å². The molecule has 2 atom stereocenters. The number of carbonyl (C=O) groups excluding carboxylic acids is 4. The standard InChI is InChI=1S/2C23H37NO3.2Na/c2*1-3-5-7-8-9-10-11-12-19-13-15-20(16-14-19)23(22(26)27,17-6-4-2)21(25)18-24;;/h2*13-16H,3-12,17-18,24H2,1-2H3,(H,26,27);;/q;;2*+1/p-2. The fraction of sp³-hybridized carbons (Fsp3) is 0.652. The third-order valence-corrected chi connectivity index (χ3v) is 10.9. The van der Waals surface area contributed by atoms with Crippen LogP contribution in [-0.2, 0) is 42.8 Å². The number of aliphatic carboxylic acids is 2. The number of ketones is 2. The Hall–Kier alpha value is -1.36. The summed E-state index contributed by atoms with van der Waals surface area (Å²) in [6, 6.07) is 14.9. The first-order chi connectivity index (χ1) is 26.0. The fourth-order valence-electron chi connectivity index (χ4n) is 7.27. The maximum absolute atomic E-state index is 12.4. The van der Waals surface area contributed by atoms with Gasteiger partial charge in [0, 0.05) is 0 Å². The molecule has 2 aromatic rings. The van der Waals surface area contributed by atoms with E-state index >= 15 is 0 Å². The summed E-state index contributed by atoms with van der Waals surface area (Å²) in [4.78, 5) is 48.8. The number of Topliss-reactive ketones (excluding diaryl/α,β-unsaturated/α-hetero) is 2. The maximum Gasteiger partial charge on any atom is 1.00 e. The second kappa shape index (κ2) is 33.5. The van der Waals surface area contributed by atoms with Crippen molar-refractivity contribution in [3.05, 3.63) is 70.8 Å². The number of carboxylic acids is 2. The van der Waals surface area contributed by atoms with Crippen molar-refractivity contribution in [1.82, 2.24) is 0 Å². The Morgan fingerprint density at radius 1 is 0.446 bits per heavy atom. The van der Waals surface area contributed by atoms with E-state index < -0.39 is 34.3 Å². The average Bonchev–Trinajstić information content (AvgIpc) is 3.18. The molecular formula is C46H72N2Na2O6. The Bertz CT molecular complexity index is 1250. The van der Waals surface area contributed by atoms with E-state index in [2.05, 4.69) is 13.8 Å². The summed E-state index contributed by atoms with van der Waals surface area (Å²) in [6.07, 6.45) is 23.0. The van der Waals surface area contributed by atoms with Gasteiger partial charge in [0.2, 0.25) is 0 Å². The second-order valence-corrected chi connectivity index (χ2v) is 15.0. The molecule has 4 N–H and O–H groups in total. The number of unbranched alkanes of at least 4 members (excludes halogenated alkanes) is 14. The van der Waals surface area contributed by atoms with Crippen LogP contribution in [-0.4, -0.2) is 36.6 Å². The summed E-state index contributed by atoms with van der Waals surface area (Å²) >= 11 is 0. The molecule has 0 aliphatic heterocycles. The van der Waals surface area contributed by atoms with E-state index in [1.807, 2.05) is 38.1 Å². The van der Waals surface area contributed by atoms with Gasteiger partial charge in [-0.25, -0.2) is 0 Å². The number of aryl methyl sites for hydroxylation is 2. The number of carboxylic acid groups (broad SMARTS) is 2. The Morgan fingerprint density at radius 2 is 0.714 bits per heavy atom. The number of nitrogens with two attached hydrogens (primary N) is 2. The van der Waals surface area contributed by atoms with Crippen LogP contribution in [0.4, 0.5) is 0 Å². The van der Waals surface area contributed by atoms with Crippen LogP contribution in [0.15, 0.2) is 48.5 Å². The summed E-state index contributed by atoms with van der Waals surface area (Å²) < 4.78 is 0. The first-order valence-electron chi connectivity index (χ1n) is 21.1. The fourth-order valence-corrected chi connectivity index (χ4v) is 7.27. The number of carbonyl (C=O) groups is 4. The molecule has 0 fully saturated rings. The zero-order chi connectivity index (χ0) is 40.2. The zero-order valence-electron chi connectivity index (χ0n) is 36.2. The summed E-state index contributed by atoms with van der Waals surface area (Å²) in [5.41, 5.74) is 11.1. The van der Waals surface area contributed by atoms with Crippen molar-refractivity contribution in [1.29, 1.82) is 0 Å². The van der Waals surface area contributed by atoms with E-state index in [9.17, 15) is 29.4 Å². The molecule has 0 radical (unpaired) electrons. The maximum atomic E-state index is 12.4. The van der Waals surface area contributed by atoms with Gasteiger partial charge in [-0.15, -0.1) is 0 Å². The molecule has 0 spiro atoms. The van der Waals surface area contributed by atoms with Gasteiger partial charge in [-0.05, 0) is 60.8 Å². The smallest absolute Gasteiger partial charge is 0.549 e. The number of hydrogen-bond acceptors (Lipinski definition) is 8. The molecule has 0 aromatic heterocycles. The molecule has 0 saturated heterocycles. The van der Waals surface area contributed by atoms with Gasteiger partial charge in [-0.3, -0.25) is 9.59 Å². The van der Waals surface area contributed by atoms with Crippen molar-refractivity contribution in [2.45, 2.75) is 180 Å². The van der Waals surface area contributed by atoms with Gasteiger partial charge in [0.1, 0.15) is 0 Å². The minimum atomic E-state index is -1.62. The van der Waals surface area contributed by atoms with Gasteiger partial charge < -0.3 is 31.3 Å². The molecule has 2 rings (SSSR count). The van der Waals surface area contributed by atoms with Crippen molar-refractivity contribution in [2.24, 2.45) is 11.5 Å². The molecule has 2 aromatic carbocycles. The number of benzene rings is 2. The molecule has 2 unspecified atom stereocenters. The van der Waals surface area contributed by atoms with Gasteiger partial charge in [0.15, 0.2) is 11.6 Å². The van der Waals surface area contributed by atoms with Crippen LogP contribution in [0.3, 0.4) is 0 Å². The van der Waals surface area contributed by atoms with Crippen LogP contribution in [0.5, 0.6) is 0 Å². The number of hydrogen-bond donors (Lipinski definition) is 2. The SMILES string of the molecule is CCCCCCCCCc1ccc(C(CCCC)(C(=O)[O-])C(=O)CN)cc1.CCCCCCCCCc1ccc(C(CCCC)(C(=O)[O-])C(=O)CN)cc1.[Na+].[Na+]. The van der Waals surface area contributed by atoms with E-state index in [0.717, 1.165) is 38.5 Å². The Kier molecular flexibility index (Phi) is 33.9. The van der Waals surface area contributed by atoms with E-state index in [1.165, 1.54) is 88.2 Å². The molecule has 0 aliphatic carbocycles. The van der Waals surface area contributed by atoms with Crippen molar-refractivity contribution in [2.75, 3.05) is 13.1 Å². The molecule has 0 heterocycles. The molecule has 304 valence electrons. The average molecular weight is 795 g/mol. The second-order valence-electron chi connectivity index (χ2n) is 15.0. The molecule has 10 heteroatoms. The third-order valence-electron chi connectivity index (χ3n) is 10.9. The summed E-state index contributed by atoms with van der Waals surface area (Å²) in [5.74, 6) is -3.64. The first-order valence-corrected chi connectivity index (χ1v) is 21.1. The molecule has 0 saturated carbocycles. The summed E-state index contributed by atoms with van der Waals surface area (Å²) in [6.45, 7) is 7.80. The zero-order valence-corrected chi connectivity index (χ0v) is 40.2. The van der Waals surface area contributed by atoms with Gasteiger partial charge >= 0.3 is 59.1 Å². The van der Waals surface area contributed by atoms with Gasteiger partial charge in [-0.1, -0.05) is 179 Å². The molecule has 0 aliphatic rings. The molecule has 0 bridgehead atoms. The van der Waals surface area contributed by atoms with Crippen LogP contribution in [0.2, 0.25) is 0 Å². The van der Waals surface area contributed by atoms with Crippen molar-refractivity contribution >= 4 is 23.5 Å². The number of rotatable bonds is 30. The van der Waals surface area contributed by atoms with Gasteiger partial charge in [0.05, 0.1) is 35.9 Å². The van der Waals surface area contributed by atoms with Crippen LogP contribution in [0, 0.1) is 0 Å². The predicted octanol–water partition coefficient (Wildman–Crippen LogP) is 1.38. The van der Waals surface area contributed by atoms with Gasteiger partial charge in [-0.2, -0.15) is 0 Å². The van der Waals surface area contributed by atoms with E-state index in [-0.39, 0.29) is 85.0 Å². The normalized spacial score (nSPS) is 12.8. The third kappa shape index (κ3) is 18.7. The molecular weight excluding hydrogens is 722 g/mol. The predicted molar refractivity (Wildman–Crippen MR) is 217 cm³/mol. The van der Waals surface area contributed by atoms with E-state index in [1.54, 1.807) is 24.3 Å². The minimum Gasteiger partial charge on any atom is -0.549 e. The largest absolute Gasteiger partial charge is 1.00 e. The van der Waals surface area contributed by atoms with Crippen molar-refractivity contribution in [3.63, 3.8) is 0 Å². The quantitative estimate of drug-likeness (QED) is 0.0681. The summed E-state index contributed by atoms with van der Waals surface area (Å²) in [7, 11) is 0. The van der Waals surface area contributed by atoms with Crippen LogP contribution >= 0.6 is 0 Å². The van der Waals surface area contributed by atoms with Crippen molar-refractivity contribution < 1.29 is 88.5 Å². The molecule has 0 amide bonds. The Morgan fingerprint density at radius 3 is 0.964 bits per heavy atom. The van der Waals surface area contributed by atoms with Gasteiger partial charge in [0.25, 0.3) is 0 Å². The van der Waals surface area contributed by atoms with E-state index in [4.69, 9.17) is 11.5 Å². The van der Waals surface area contributed by atoms with Crippen molar-refractivity contribution in [3.8, 4) is 0 Å². The van der Waals surface area contributed by atoms with Crippen LogP contribution < -0.4 is 80.8 Å². The summed E-state index contributed by atoms with van der Waals surface area (Å²) in [5, 5.41) is 23.9. The topological polar surface area (TPSA) is 166 Å².